The fourth-order valence-corrected chi connectivity index (χ4v) is 6.43. The fourth-order valence-electron chi connectivity index (χ4n) is 5.05. The lowest BCUT2D eigenvalue weighted by atomic mass is 9.99. The molecule has 1 aliphatic rings. The van der Waals surface area contributed by atoms with Crippen molar-refractivity contribution in [1.82, 2.24) is 15.0 Å². The maximum atomic E-state index is 13.7. The summed E-state index contributed by atoms with van der Waals surface area (Å²) in [6.07, 6.45) is -4.87. The van der Waals surface area contributed by atoms with Crippen molar-refractivity contribution in [3.05, 3.63) is 70.6 Å². The highest BCUT2D eigenvalue weighted by Crippen LogP contribution is 2.33. The third-order valence-electron chi connectivity index (χ3n) is 7.38. The molecule has 3 aromatic rings. The van der Waals surface area contributed by atoms with Crippen molar-refractivity contribution in [1.29, 1.82) is 0 Å². The average Bonchev–Trinajstić information content (AvgIpc) is 3.28. The van der Waals surface area contributed by atoms with Gasteiger partial charge in [-0.25, -0.2) is 8.42 Å². The lowest BCUT2D eigenvalue weighted by Gasteiger charge is -2.38. The predicted octanol–water partition coefficient (Wildman–Crippen LogP) is 4.46. The van der Waals surface area contributed by atoms with E-state index in [1.165, 1.54) is 49.1 Å². The second-order valence-corrected chi connectivity index (χ2v) is 12.6. The maximum absolute atomic E-state index is 13.7. The van der Waals surface area contributed by atoms with E-state index in [1.54, 1.807) is 6.92 Å². The van der Waals surface area contributed by atoms with Gasteiger partial charge in [-0.3, -0.25) is 14.4 Å². The number of nitrogens with zero attached hydrogens (tertiary/aromatic N) is 3. The van der Waals surface area contributed by atoms with Crippen molar-refractivity contribution in [2.24, 2.45) is 5.92 Å². The van der Waals surface area contributed by atoms with Crippen molar-refractivity contribution in [2.75, 3.05) is 31.5 Å². The molecular formula is C29H35F3N4O6S. The van der Waals surface area contributed by atoms with E-state index in [0.29, 0.717) is 18.7 Å². The van der Waals surface area contributed by atoms with Crippen molar-refractivity contribution in [2.45, 2.75) is 57.5 Å². The highest BCUT2D eigenvalue weighted by molar-refractivity contribution is 7.92. The molecule has 0 bridgehead atoms. The minimum Gasteiger partial charge on any atom is -0.488 e. The largest absolute Gasteiger partial charge is 0.488 e. The molecule has 1 aromatic heterocycles. The Kier molecular flexibility index (Phi) is 9.42. The number of sulfonamides is 1. The van der Waals surface area contributed by atoms with Gasteiger partial charge in [0.2, 0.25) is 0 Å². The van der Waals surface area contributed by atoms with Gasteiger partial charge in [0, 0.05) is 31.2 Å². The number of alkyl halides is 3. The summed E-state index contributed by atoms with van der Waals surface area (Å²) in [6.45, 7) is 7.30. The van der Waals surface area contributed by atoms with Crippen LogP contribution in [0.3, 0.4) is 0 Å². The Balaban J connectivity index is 1.61. The fraction of sp³-hybridized carbons (Fsp3) is 0.448. The number of rotatable bonds is 9. The molecular weight excluding hydrogens is 589 g/mol. The Morgan fingerprint density at radius 2 is 1.86 bits per heavy atom. The number of ether oxygens (including phenoxy) is 1. The molecule has 0 aliphatic carbocycles. The number of hydrogen-bond donors (Lipinski definition) is 2. The second kappa shape index (κ2) is 12.5. The van der Waals surface area contributed by atoms with Gasteiger partial charge in [0.1, 0.15) is 17.5 Å². The lowest BCUT2D eigenvalue weighted by molar-refractivity contribution is -0.137. The zero-order valence-electron chi connectivity index (χ0n) is 24.5. The smallest absolute Gasteiger partial charge is 0.416 e. The minimum atomic E-state index is -4.41. The highest BCUT2D eigenvalue weighted by atomic mass is 32.2. The molecule has 1 aliphatic heterocycles. The SMILES string of the molecule is Cc1noc(C)c1S(=O)(=O)Nc1ccc2c(c1)C(=O)N([C@H](C)CO)C[C@@H](C)[C@@H](CN(C)Cc1ccc(C(F)(F)F)cc1)O2. The summed E-state index contributed by atoms with van der Waals surface area (Å²) < 4.78 is 78.9. The summed E-state index contributed by atoms with van der Waals surface area (Å²) in [5.74, 6) is -0.270. The summed E-state index contributed by atoms with van der Waals surface area (Å²) in [6, 6.07) is 8.82. The van der Waals surface area contributed by atoms with Gasteiger partial charge in [-0.1, -0.05) is 24.2 Å². The van der Waals surface area contributed by atoms with Gasteiger partial charge in [-0.15, -0.1) is 0 Å². The number of aliphatic hydroxyl groups is 1. The third-order valence-corrected chi connectivity index (χ3v) is 9.00. The van der Waals surface area contributed by atoms with Gasteiger partial charge < -0.3 is 19.3 Å². The first-order valence-electron chi connectivity index (χ1n) is 13.6. The average molecular weight is 625 g/mol. The van der Waals surface area contributed by atoms with Gasteiger partial charge >= 0.3 is 6.18 Å². The molecule has 0 saturated carbocycles. The standard InChI is InChI=1S/C29H35F3N4O6S/c1-17-13-36(18(2)16-37)28(38)24-12-23(34-43(39,40)27-19(3)33-42-20(27)4)10-11-25(24)41-26(17)15-35(5)14-21-6-8-22(9-7-21)29(30,31)32/h6-12,17-18,26,34,37H,13-16H2,1-5H3/t17-,18-,26-/m1/s1. The van der Waals surface area contributed by atoms with Crippen LogP contribution >= 0.6 is 0 Å². The van der Waals surface area contributed by atoms with Gasteiger partial charge in [0.05, 0.1) is 23.8 Å². The minimum absolute atomic E-state index is 0.0951. The molecule has 2 aromatic carbocycles. The molecule has 2 heterocycles. The Labute approximate surface area is 248 Å². The second-order valence-electron chi connectivity index (χ2n) is 11.0. The van der Waals surface area contributed by atoms with Crippen LogP contribution in [0.2, 0.25) is 0 Å². The Morgan fingerprint density at radius 1 is 1.19 bits per heavy atom. The van der Waals surface area contributed by atoms with Crippen LogP contribution in [-0.4, -0.2) is 73.3 Å². The molecule has 0 unspecified atom stereocenters. The molecule has 0 saturated heterocycles. The van der Waals surface area contributed by atoms with E-state index in [-0.39, 0.29) is 52.4 Å². The third kappa shape index (κ3) is 7.31. The van der Waals surface area contributed by atoms with Crippen LogP contribution in [0.4, 0.5) is 18.9 Å². The van der Waals surface area contributed by atoms with E-state index in [0.717, 1.165) is 12.1 Å². The predicted molar refractivity (Wildman–Crippen MR) is 152 cm³/mol. The molecule has 3 atom stereocenters. The topological polar surface area (TPSA) is 125 Å². The summed E-state index contributed by atoms with van der Waals surface area (Å²) in [5, 5.41) is 13.6. The number of hydrogen-bond acceptors (Lipinski definition) is 8. The number of aryl methyl sites for hydroxylation is 2. The number of carbonyl (C=O) groups is 1. The van der Waals surface area contributed by atoms with Gasteiger partial charge in [0.15, 0.2) is 10.7 Å². The molecule has 4 rings (SSSR count). The number of carbonyl (C=O) groups excluding carboxylic acids is 1. The number of halogens is 3. The number of anilines is 1. The van der Waals surface area contributed by atoms with Crippen molar-refractivity contribution < 1.29 is 40.8 Å². The quantitative estimate of drug-likeness (QED) is 0.358. The number of aliphatic hydroxyl groups excluding tert-OH is 1. The molecule has 0 fully saturated rings. The summed E-state index contributed by atoms with van der Waals surface area (Å²) in [5.41, 5.74) is 0.397. The molecule has 2 N–H and O–H groups in total. The van der Waals surface area contributed by atoms with Crippen LogP contribution in [0.15, 0.2) is 51.9 Å². The van der Waals surface area contributed by atoms with Gasteiger partial charge in [-0.05, 0) is 63.7 Å². The van der Waals surface area contributed by atoms with Crippen molar-refractivity contribution in [3.8, 4) is 5.75 Å². The first-order chi connectivity index (χ1) is 20.1. The molecule has 234 valence electrons. The summed E-state index contributed by atoms with van der Waals surface area (Å²) in [4.78, 5) is 17.0. The van der Waals surface area contributed by atoms with Crippen LogP contribution in [0.25, 0.3) is 0 Å². The van der Waals surface area contributed by atoms with Gasteiger partial charge in [0.25, 0.3) is 15.9 Å². The van der Waals surface area contributed by atoms with Crippen LogP contribution in [0, 0.1) is 19.8 Å². The normalized spacial score (nSPS) is 18.6. The molecule has 1 amide bonds. The van der Waals surface area contributed by atoms with E-state index in [4.69, 9.17) is 9.26 Å². The van der Waals surface area contributed by atoms with E-state index in [9.17, 15) is 31.5 Å². The molecule has 10 nitrogen and oxygen atoms in total. The van der Waals surface area contributed by atoms with E-state index in [2.05, 4.69) is 9.88 Å². The molecule has 0 radical (unpaired) electrons. The number of amides is 1. The maximum Gasteiger partial charge on any atom is 0.416 e. The molecule has 43 heavy (non-hydrogen) atoms. The Bertz CT molecular complexity index is 1540. The Hall–Kier alpha value is -3.62. The first-order valence-corrected chi connectivity index (χ1v) is 15.1. The van der Waals surface area contributed by atoms with Crippen LogP contribution in [-0.2, 0) is 22.7 Å². The Morgan fingerprint density at radius 3 is 2.44 bits per heavy atom. The summed E-state index contributed by atoms with van der Waals surface area (Å²) in [7, 11) is -2.26. The monoisotopic (exact) mass is 624 g/mol. The van der Waals surface area contributed by atoms with E-state index < -0.39 is 39.8 Å². The lowest BCUT2D eigenvalue weighted by Crippen LogP contribution is -2.49. The zero-order valence-corrected chi connectivity index (χ0v) is 25.3. The number of fused-ring (bicyclic) bond motifs is 1. The van der Waals surface area contributed by atoms with Crippen LogP contribution in [0.1, 0.15) is 46.8 Å². The van der Waals surface area contributed by atoms with E-state index >= 15 is 0 Å². The van der Waals surface area contributed by atoms with Crippen molar-refractivity contribution >= 4 is 21.6 Å². The number of nitrogens with one attached hydrogen (secondary N) is 1. The van der Waals surface area contributed by atoms with Gasteiger partial charge in [-0.2, -0.15) is 13.2 Å². The number of benzene rings is 2. The number of likely N-dealkylation sites (N-methyl/N-ethyl adjacent to an activating group) is 1. The van der Waals surface area contributed by atoms with Crippen LogP contribution < -0.4 is 9.46 Å². The van der Waals surface area contributed by atoms with Crippen LogP contribution in [0.5, 0.6) is 5.75 Å². The molecule has 0 spiro atoms. The summed E-state index contributed by atoms with van der Waals surface area (Å²) >= 11 is 0. The number of aromatic nitrogens is 1. The molecule has 14 heteroatoms. The zero-order chi connectivity index (χ0) is 31.7. The highest BCUT2D eigenvalue weighted by Gasteiger charge is 2.34. The van der Waals surface area contributed by atoms with E-state index in [1.807, 2.05) is 18.9 Å². The van der Waals surface area contributed by atoms with Crippen molar-refractivity contribution in [3.63, 3.8) is 0 Å². The first kappa shape index (κ1) is 32.3.